The fourth-order valence-corrected chi connectivity index (χ4v) is 17.9. The first-order valence-corrected chi connectivity index (χ1v) is 45.9. The fourth-order valence-electron chi connectivity index (χ4n) is 17.1. The highest BCUT2D eigenvalue weighted by atomic mass is 35.5. The van der Waals surface area contributed by atoms with E-state index < -0.39 is 22.2 Å². The molecule has 12 rings (SSSR count). The van der Waals surface area contributed by atoms with Gasteiger partial charge >= 0.3 is 29.6 Å². The standard InChI is InChI=1S/C26H33ClO4.C24H28ClNO6.C24H30ClNO4.C24H29ClO4.C3H2ClN.HNO3/c1-6-24-16(3)17(4)25(30-18(5)28)26(31-24)20-10-13-23(27)21(15-20)14-19-8-11-22(12-9-19)29-7-2;1-5-22-13(2)14(3)23(31-15(4)27)24(32-22)17-7-8-19(25)18(12-17)10-16-6-9-21(28)20(11-16)26(29)30;1-5-22-13(2)14(3)23(29-15(4)27)24(30-22)17-7-8-19(25)18(12-17)10-16-6-9-21(28)20(26)11-16;1-5-22-14(2)15(3)23(28-16(4)26)24(29-22)18-8-11-21(25)19(13-18)12-17-6-9-20(27)10-7-17;1-3(4)2-5;2-1(3)4/h8-13,15-17,24-26H,6-7,14H2,1-5H3;6-9,11-14,22-24,28H,5,10H2,1-4H3;6-9,11-14,22-24,28H,5,10,26H2,1-4H3;6-11,13-15,22-24,27H,5,12H2,1-4H3;1H2;(H,2,3,4)/t16-,17-,24+,25+,26-;2*13-,14-,22+,23+,24-;14-,15-,22+,23+,24-;;/m0000../s1. The van der Waals surface area contributed by atoms with Crippen molar-refractivity contribution in [2.45, 2.75) is 242 Å². The van der Waals surface area contributed by atoms with E-state index in [9.17, 15) is 44.6 Å². The Morgan fingerprint density at radius 3 is 0.939 bits per heavy atom. The van der Waals surface area contributed by atoms with E-state index in [4.69, 9.17) is 127 Å². The summed E-state index contributed by atoms with van der Waals surface area (Å²) < 4.78 is 54.1. The highest BCUT2D eigenvalue weighted by molar-refractivity contribution is 6.32. The van der Waals surface area contributed by atoms with Gasteiger partial charge in [-0.15, -0.1) is 10.1 Å². The van der Waals surface area contributed by atoms with Crippen LogP contribution in [0.25, 0.3) is 0 Å². The van der Waals surface area contributed by atoms with Gasteiger partial charge in [0.25, 0.3) is 5.09 Å². The number of rotatable bonds is 23. The molecule has 0 aliphatic carbocycles. The number of hydrogen-bond donors (Lipinski definition) is 5. The van der Waals surface area contributed by atoms with Gasteiger partial charge in [-0.05, 0) is 215 Å². The van der Waals surface area contributed by atoms with Crippen LogP contribution < -0.4 is 10.5 Å². The molecule has 0 bridgehead atoms. The van der Waals surface area contributed by atoms with Crippen molar-refractivity contribution in [3.8, 4) is 29.1 Å². The van der Waals surface area contributed by atoms with Crippen LogP contribution in [-0.2, 0) is 82.8 Å². The number of esters is 4. The van der Waals surface area contributed by atoms with E-state index in [1.54, 1.807) is 42.5 Å². The highest BCUT2D eigenvalue weighted by Crippen LogP contribution is 2.48. The molecule has 4 heterocycles. The van der Waals surface area contributed by atoms with E-state index >= 15 is 0 Å². The van der Waals surface area contributed by atoms with Crippen LogP contribution in [-0.4, -0.2) is 110 Å². The Morgan fingerprint density at radius 2 is 0.687 bits per heavy atom. The minimum absolute atomic E-state index is 0.0284. The van der Waals surface area contributed by atoms with Crippen molar-refractivity contribution in [1.82, 2.24) is 0 Å². The Balaban J connectivity index is 0.000000231. The summed E-state index contributed by atoms with van der Waals surface area (Å²) in [5, 5.41) is 63.9. The number of allylic oxidation sites excluding steroid dienone is 1. The van der Waals surface area contributed by atoms with Crippen LogP contribution >= 0.6 is 58.0 Å². The third-order valence-corrected chi connectivity index (χ3v) is 26.4. The van der Waals surface area contributed by atoms with Gasteiger partial charge in [0.05, 0.1) is 41.6 Å². The van der Waals surface area contributed by atoms with Crippen LogP contribution in [0.3, 0.4) is 0 Å². The molecule has 6 N–H and O–H groups in total. The summed E-state index contributed by atoms with van der Waals surface area (Å²) in [6.45, 7) is 36.9. The average Bonchev–Trinajstić information content (AvgIpc) is 0.789. The number of nitriles is 1. The number of carbonyl (C=O) groups excluding carboxylic acids is 4. The number of phenols is 3. The minimum Gasteiger partial charge on any atom is -0.508 e. The molecule has 4 fully saturated rings. The van der Waals surface area contributed by atoms with Crippen LogP contribution in [0.4, 0.5) is 11.4 Å². The number of nitro groups is 1. The first kappa shape index (κ1) is 108. The number of nitrogens with two attached hydrogens (primary N) is 1. The average molecular weight is 1910 g/mol. The Kier molecular flexibility index (Phi) is 42.1. The van der Waals surface area contributed by atoms with Gasteiger partial charge in [0.2, 0.25) is 0 Å². The molecule has 20 atom stereocenters. The second-order valence-electron chi connectivity index (χ2n) is 33.8. The number of benzene rings is 8. The Morgan fingerprint density at radius 1 is 0.427 bits per heavy atom. The summed E-state index contributed by atoms with van der Waals surface area (Å²) in [6, 6.07) is 49.4. The van der Waals surface area contributed by atoms with Crippen LogP contribution in [0.15, 0.2) is 169 Å². The van der Waals surface area contributed by atoms with Crippen molar-refractivity contribution in [2.75, 3.05) is 12.3 Å². The van der Waals surface area contributed by atoms with E-state index in [0.717, 1.165) is 92.6 Å². The number of nitrogen functional groups attached to an aromatic ring is 1. The van der Waals surface area contributed by atoms with E-state index in [0.29, 0.717) is 75.5 Å². The molecule has 0 saturated carbocycles. The van der Waals surface area contributed by atoms with Crippen molar-refractivity contribution in [1.29, 1.82) is 5.26 Å². The Bertz CT molecular complexity index is 5210. The van der Waals surface area contributed by atoms with Crippen LogP contribution in [0, 0.1) is 78.9 Å². The van der Waals surface area contributed by atoms with Gasteiger partial charge in [0, 0.05) is 77.5 Å². The summed E-state index contributed by atoms with van der Waals surface area (Å²) in [5.41, 5.74) is 17.0. The molecular weight excluding hydrogens is 1780 g/mol. The quantitative estimate of drug-likeness (QED) is 0.00755. The summed E-state index contributed by atoms with van der Waals surface area (Å²) >= 11 is 30.8. The predicted molar refractivity (Wildman–Crippen MR) is 507 cm³/mol. The smallest absolute Gasteiger partial charge is 0.310 e. The SMILES string of the molecule is C=C(Cl)C#N.CCOc1ccc(Cc2cc([C@@H]3O[C@H](CC)[C@@H](C)[C@H](C)[C@H]3OC(C)=O)ccc2Cl)cc1.CC[C@H]1O[C@@H](c2ccc(Cl)c(Cc3ccc(O)c(N)c3)c2)[C@H](OC(C)=O)[C@@H](C)[C@@H]1C.CC[C@H]1O[C@@H](c2ccc(Cl)c(Cc3ccc(O)c([N+](=O)[O-])c3)c2)[C@H](OC(C)=O)[C@@H](C)[C@@H]1C.CC[C@H]1O[C@@H](c2ccc(Cl)c(Cc3ccc(O)cc3)c2)[C@H](OC(C)=O)[C@@H](C)[C@@H]1C.O=[N+]([O-])O. The number of ether oxygens (including phenoxy) is 9. The number of phenolic OH excluding ortho intramolecular Hbond substituents is 3. The van der Waals surface area contributed by atoms with Gasteiger partial charge in [-0.1, -0.05) is 233 Å². The fraction of sp³-hybridized carbons (Fsp3) is 0.455. The molecule has 131 heavy (non-hydrogen) atoms. The second kappa shape index (κ2) is 51.1. The molecule has 0 radical (unpaired) electrons. The molecule has 0 amide bonds. The van der Waals surface area contributed by atoms with Crippen molar-refractivity contribution in [3.05, 3.63) is 276 Å². The first-order valence-electron chi connectivity index (χ1n) is 44.0. The molecule has 4 aliphatic rings. The second-order valence-corrected chi connectivity index (χ2v) is 35.8. The number of anilines is 1. The maximum atomic E-state index is 11.8. The molecule has 708 valence electrons. The number of nitro benzene ring substituents is 1. The molecule has 8 aromatic carbocycles. The summed E-state index contributed by atoms with van der Waals surface area (Å²) in [6.07, 6.45) is 3.24. The van der Waals surface area contributed by atoms with Gasteiger partial charge in [-0.25, -0.2) is 0 Å². The van der Waals surface area contributed by atoms with E-state index in [1.807, 2.05) is 97.9 Å². The molecule has 4 aliphatic heterocycles. The molecular formula is C101H123Cl5N4O21. The van der Waals surface area contributed by atoms with E-state index in [-0.39, 0.29) is 148 Å². The van der Waals surface area contributed by atoms with Crippen molar-refractivity contribution >= 4 is 93.3 Å². The molecule has 4 saturated heterocycles. The van der Waals surface area contributed by atoms with Gasteiger partial charge in [-0.3, -0.25) is 29.3 Å². The molecule has 0 spiro atoms. The number of hydrogen-bond acceptors (Lipinski definition) is 22. The number of nitrogens with zero attached hydrogens (tertiary/aromatic N) is 3. The lowest BCUT2D eigenvalue weighted by atomic mass is 9.78. The number of aromatic hydroxyl groups is 3. The topological polar surface area (TPSA) is 368 Å². The monoisotopic (exact) mass is 1900 g/mol. The largest absolute Gasteiger partial charge is 0.508 e. The molecule has 30 heteroatoms. The first-order chi connectivity index (χ1) is 62.0. The maximum Gasteiger partial charge on any atom is 0.310 e. The van der Waals surface area contributed by atoms with Gasteiger partial charge in [-0.2, -0.15) is 5.26 Å². The molecule has 0 unspecified atom stereocenters. The third-order valence-electron chi connectivity index (χ3n) is 24.8. The third kappa shape index (κ3) is 30.7. The van der Waals surface area contributed by atoms with Crippen molar-refractivity contribution in [3.63, 3.8) is 0 Å². The maximum absolute atomic E-state index is 11.8. The van der Waals surface area contributed by atoms with Gasteiger partial charge in [0.1, 0.15) is 77.2 Å². The minimum atomic E-state index is -1.50. The van der Waals surface area contributed by atoms with Crippen LogP contribution in [0.2, 0.25) is 20.1 Å². The lowest BCUT2D eigenvalue weighted by molar-refractivity contribution is -0.742. The number of carbonyl (C=O) groups is 4. The zero-order valence-corrected chi connectivity index (χ0v) is 80.9. The van der Waals surface area contributed by atoms with Crippen LogP contribution in [0.5, 0.6) is 23.0 Å². The van der Waals surface area contributed by atoms with Gasteiger partial charge < -0.3 is 68.9 Å². The zero-order chi connectivity index (χ0) is 97.1. The van der Waals surface area contributed by atoms with E-state index in [1.165, 1.54) is 39.8 Å². The Labute approximate surface area is 793 Å². The Hall–Kier alpha value is -10.2. The predicted octanol–water partition coefficient (Wildman–Crippen LogP) is 23.9. The summed E-state index contributed by atoms with van der Waals surface area (Å²) in [5.74, 6) is 1.28. The lowest BCUT2D eigenvalue weighted by Gasteiger charge is -2.44. The normalized spacial score (nSPS) is 24.7. The lowest BCUT2D eigenvalue weighted by Crippen LogP contribution is -2.46. The zero-order valence-electron chi connectivity index (χ0n) is 77.2. The van der Waals surface area contributed by atoms with Gasteiger partial charge in [0.15, 0.2) is 5.75 Å². The van der Waals surface area contributed by atoms with Crippen molar-refractivity contribution in [2.24, 2.45) is 47.3 Å². The summed E-state index contributed by atoms with van der Waals surface area (Å²) in [7, 11) is 0. The molecule has 0 aromatic heterocycles. The molecule has 25 nitrogen and oxygen atoms in total. The van der Waals surface area contributed by atoms with Crippen molar-refractivity contribution < 1.29 is 92.3 Å². The number of halogens is 5. The molecule has 8 aromatic rings. The van der Waals surface area contributed by atoms with E-state index in [2.05, 4.69) is 108 Å². The van der Waals surface area contributed by atoms with Crippen LogP contribution in [0.1, 0.15) is 235 Å². The summed E-state index contributed by atoms with van der Waals surface area (Å²) in [4.78, 5) is 66.1. The highest BCUT2D eigenvalue weighted by Gasteiger charge is 2.48.